The topological polar surface area (TPSA) is 153 Å². The van der Waals surface area contributed by atoms with E-state index in [1.165, 1.54) is 36.4 Å². The lowest BCUT2D eigenvalue weighted by Crippen LogP contribution is -2.27. The summed E-state index contributed by atoms with van der Waals surface area (Å²) < 4.78 is 57.0. The molecule has 0 saturated heterocycles. The van der Waals surface area contributed by atoms with Crippen LogP contribution in [0.2, 0.25) is 0 Å². The number of sulfone groups is 1. The normalized spacial score (nSPS) is 11.7. The molecule has 0 aliphatic heterocycles. The number of hydrogen-bond acceptors (Lipinski definition) is 11. The third kappa shape index (κ3) is 16.9. The van der Waals surface area contributed by atoms with Gasteiger partial charge in [0.15, 0.2) is 15.6 Å². The zero-order valence-corrected chi connectivity index (χ0v) is 28.0. The van der Waals surface area contributed by atoms with Crippen molar-refractivity contribution in [3.05, 3.63) is 65.2 Å². The van der Waals surface area contributed by atoms with Crippen LogP contribution < -0.4 is 5.32 Å². The van der Waals surface area contributed by atoms with E-state index in [1.54, 1.807) is 32.9 Å². The average molecular weight is 666 g/mol. The molecule has 256 valence electrons. The number of amides is 1. The van der Waals surface area contributed by atoms with Gasteiger partial charge in [-0.25, -0.2) is 13.2 Å². The molecule has 0 atom stereocenters. The Hall–Kier alpha value is -3.20. The molecule has 0 aliphatic carbocycles. The molecule has 0 aliphatic rings. The molecular formula is C33H47NO11S. The number of rotatable bonds is 23. The molecule has 0 spiro atoms. The molecule has 13 heteroatoms. The monoisotopic (exact) mass is 665 g/mol. The summed E-state index contributed by atoms with van der Waals surface area (Å²) in [4.78, 5) is 36.6. The van der Waals surface area contributed by atoms with Gasteiger partial charge in [0.05, 0.1) is 70.1 Å². The lowest BCUT2D eigenvalue weighted by molar-refractivity contribution is -0.160. The van der Waals surface area contributed by atoms with Crippen LogP contribution in [0.1, 0.15) is 53.5 Å². The van der Waals surface area contributed by atoms with Crippen molar-refractivity contribution >= 4 is 27.5 Å². The van der Waals surface area contributed by atoms with Crippen molar-refractivity contribution in [3.8, 4) is 0 Å². The smallest absolute Gasteiger partial charge is 0.332 e. The number of benzene rings is 2. The number of carbonyl (C=O) groups is 3. The van der Waals surface area contributed by atoms with Gasteiger partial charge in [0.2, 0.25) is 0 Å². The zero-order valence-electron chi connectivity index (χ0n) is 27.2. The molecule has 0 unspecified atom stereocenters. The molecule has 0 bridgehead atoms. The fraction of sp³-hybridized carbons (Fsp3) is 0.545. The second-order valence-electron chi connectivity index (χ2n) is 11.2. The molecule has 0 saturated carbocycles. The quantitative estimate of drug-likeness (QED) is 0.106. The first kappa shape index (κ1) is 39.0. The summed E-state index contributed by atoms with van der Waals surface area (Å²) in [7, 11) is -3.56. The predicted molar refractivity (Wildman–Crippen MR) is 171 cm³/mol. The van der Waals surface area contributed by atoms with E-state index in [0.717, 1.165) is 5.56 Å². The average Bonchev–Trinajstić information content (AvgIpc) is 3.00. The van der Waals surface area contributed by atoms with Crippen molar-refractivity contribution in [1.82, 2.24) is 5.32 Å². The summed E-state index contributed by atoms with van der Waals surface area (Å²) in [5, 5.41) is 2.75. The van der Waals surface area contributed by atoms with Crippen LogP contribution in [0.3, 0.4) is 0 Å². The fourth-order valence-corrected chi connectivity index (χ4v) is 5.03. The molecule has 0 aromatic heterocycles. The third-order valence-electron chi connectivity index (χ3n) is 6.11. The Morgan fingerprint density at radius 1 is 0.674 bits per heavy atom. The second-order valence-corrected chi connectivity index (χ2v) is 13.3. The van der Waals surface area contributed by atoms with E-state index in [1.807, 2.05) is 6.92 Å². The summed E-state index contributed by atoms with van der Waals surface area (Å²) in [5.74, 6) is -1.32. The zero-order chi connectivity index (χ0) is 33.8. The molecular weight excluding hydrogens is 618 g/mol. The van der Waals surface area contributed by atoms with Crippen LogP contribution in [-0.4, -0.2) is 110 Å². The lowest BCUT2D eigenvalue weighted by Gasteiger charge is -2.19. The summed E-state index contributed by atoms with van der Waals surface area (Å²) in [6.07, 6.45) is -0.151. The first-order valence-corrected chi connectivity index (χ1v) is 16.8. The molecule has 2 aromatic rings. The number of ketones is 1. The maximum atomic E-state index is 12.5. The van der Waals surface area contributed by atoms with Crippen molar-refractivity contribution in [2.75, 3.05) is 78.4 Å². The molecule has 1 N–H and O–H groups in total. The van der Waals surface area contributed by atoms with Crippen LogP contribution >= 0.6 is 0 Å². The summed E-state index contributed by atoms with van der Waals surface area (Å²) in [6, 6.07) is 12.6. The van der Waals surface area contributed by atoms with E-state index < -0.39 is 21.4 Å². The Kier molecular flexibility index (Phi) is 17.6. The van der Waals surface area contributed by atoms with Crippen LogP contribution in [0.4, 0.5) is 0 Å². The first-order chi connectivity index (χ1) is 21.9. The van der Waals surface area contributed by atoms with Gasteiger partial charge in [0.1, 0.15) is 12.2 Å². The van der Waals surface area contributed by atoms with Gasteiger partial charge in [-0.1, -0.05) is 29.8 Å². The van der Waals surface area contributed by atoms with E-state index in [4.69, 9.17) is 28.4 Å². The first-order valence-electron chi connectivity index (χ1n) is 15.2. The van der Waals surface area contributed by atoms with Gasteiger partial charge in [-0.15, -0.1) is 0 Å². The van der Waals surface area contributed by atoms with Crippen LogP contribution in [0, 0.1) is 6.92 Å². The van der Waals surface area contributed by atoms with Crippen molar-refractivity contribution in [2.24, 2.45) is 0 Å². The highest BCUT2D eigenvalue weighted by Gasteiger charge is 2.18. The van der Waals surface area contributed by atoms with Gasteiger partial charge < -0.3 is 33.7 Å². The van der Waals surface area contributed by atoms with Crippen molar-refractivity contribution in [2.45, 2.75) is 44.6 Å². The van der Waals surface area contributed by atoms with Crippen LogP contribution in [0.15, 0.2) is 53.4 Å². The highest BCUT2D eigenvalue weighted by atomic mass is 32.2. The van der Waals surface area contributed by atoms with Crippen LogP contribution in [-0.2, 0) is 43.1 Å². The van der Waals surface area contributed by atoms with E-state index in [9.17, 15) is 22.8 Å². The van der Waals surface area contributed by atoms with Gasteiger partial charge in [0.25, 0.3) is 5.91 Å². The van der Waals surface area contributed by atoms with E-state index in [-0.39, 0.29) is 42.0 Å². The van der Waals surface area contributed by atoms with Crippen molar-refractivity contribution in [3.63, 3.8) is 0 Å². The van der Waals surface area contributed by atoms with E-state index >= 15 is 0 Å². The largest absolute Gasteiger partial charge is 0.458 e. The SMILES string of the molecule is Cc1ccc(S(=O)(=O)CCC(=O)c2ccc(C(=O)NCCOCCOCCOCCOCCOCC(=O)OC(C)(C)C)cc2)cc1. The summed E-state index contributed by atoms with van der Waals surface area (Å²) in [5.41, 5.74) is 1.14. The summed E-state index contributed by atoms with van der Waals surface area (Å²) in [6.45, 7) is 10.7. The predicted octanol–water partition coefficient (Wildman–Crippen LogP) is 3.20. The fourth-order valence-electron chi connectivity index (χ4n) is 3.79. The van der Waals surface area contributed by atoms with Crippen molar-refractivity contribution in [1.29, 1.82) is 0 Å². The molecule has 0 radical (unpaired) electrons. The lowest BCUT2D eigenvalue weighted by atomic mass is 10.1. The van der Waals surface area contributed by atoms with Crippen LogP contribution in [0.5, 0.6) is 0 Å². The maximum Gasteiger partial charge on any atom is 0.332 e. The number of Topliss-reactive ketones (excluding diaryl/α,β-unsaturated/α-hetero) is 1. The van der Waals surface area contributed by atoms with Gasteiger partial charge in [-0.2, -0.15) is 0 Å². The minimum atomic E-state index is -3.56. The highest BCUT2D eigenvalue weighted by molar-refractivity contribution is 7.91. The van der Waals surface area contributed by atoms with E-state index in [2.05, 4.69) is 5.32 Å². The Morgan fingerprint density at radius 3 is 1.67 bits per heavy atom. The number of nitrogens with one attached hydrogen (secondary N) is 1. The Morgan fingerprint density at radius 2 is 1.15 bits per heavy atom. The van der Waals surface area contributed by atoms with Gasteiger partial charge in [0, 0.05) is 24.1 Å². The minimum absolute atomic E-state index is 0.110. The molecule has 1 amide bonds. The second kappa shape index (κ2) is 20.8. The number of esters is 1. The number of ether oxygens (including phenoxy) is 6. The van der Waals surface area contributed by atoms with Crippen molar-refractivity contribution < 1.29 is 51.2 Å². The molecule has 12 nitrogen and oxygen atoms in total. The van der Waals surface area contributed by atoms with Gasteiger partial charge >= 0.3 is 5.97 Å². The summed E-state index contributed by atoms with van der Waals surface area (Å²) >= 11 is 0. The highest BCUT2D eigenvalue weighted by Crippen LogP contribution is 2.15. The minimum Gasteiger partial charge on any atom is -0.458 e. The maximum absolute atomic E-state index is 12.5. The van der Waals surface area contributed by atoms with E-state index in [0.29, 0.717) is 70.5 Å². The van der Waals surface area contributed by atoms with Gasteiger partial charge in [-0.3, -0.25) is 9.59 Å². The molecule has 2 rings (SSSR count). The molecule has 2 aromatic carbocycles. The van der Waals surface area contributed by atoms with Gasteiger partial charge in [-0.05, 0) is 52.0 Å². The van der Waals surface area contributed by atoms with Crippen LogP contribution in [0.25, 0.3) is 0 Å². The Labute approximate surface area is 271 Å². The Bertz CT molecular complexity index is 1300. The third-order valence-corrected chi connectivity index (χ3v) is 7.84. The molecule has 46 heavy (non-hydrogen) atoms. The molecule has 0 fully saturated rings. The number of carbonyl (C=O) groups excluding carboxylic acids is 3. The molecule has 0 heterocycles. The number of hydrogen-bond donors (Lipinski definition) is 1. The number of aryl methyl sites for hydroxylation is 1. The standard InChI is InChI=1S/C33H47NO11S/c1-26-5-11-29(12-6-26)46(38,39)24-13-30(35)27-7-9-28(10-8-27)32(37)34-14-15-40-16-17-41-18-19-42-20-21-43-22-23-44-25-31(36)45-33(2,3)4/h5-12H,13-25H2,1-4H3,(H,34,37). The Balaban J connectivity index is 1.44.